The van der Waals surface area contributed by atoms with Crippen molar-refractivity contribution in [2.45, 2.75) is 37.6 Å². The summed E-state index contributed by atoms with van der Waals surface area (Å²) in [6.45, 7) is 2.26. The minimum absolute atomic E-state index is 0.0890. The van der Waals surface area contributed by atoms with E-state index in [-0.39, 0.29) is 19.6 Å². The van der Waals surface area contributed by atoms with E-state index >= 15 is 0 Å². The van der Waals surface area contributed by atoms with Crippen LogP contribution in [0.2, 0.25) is 0 Å². The lowest BCUT2D eigenvalue weighted by atomic mass is 10.1. The molecular formula is C10H13FO5. The number of esters is 2. The van der Waals surface area contributed by atoms with Crippen LogP contribution in [0.25, 0.3) is 0 Å². The number of carbonyl (C=O) groups excluding carboxylic acids is 2. The summed E-state index contributed by atoms with van der Waals surface area (Å²) in [5.41, 5.74) is -2.85. The highest BCUT2D eigenvalue weighted by Gasteiger charge is 2.81. The third-order valence-electron chi connectivity index (χ3n) is 2.97. The Bertz CT molecular complexity index is 344. The second-order valence-electron chi connectivity index (χ2n) is 4.23. The van der Waals surface area contributed by atoms with Gasteiger partial charge in [0.15, 0.2) is 11.3 Å². The van der Waals surface area contributed by atoms with Crippen LogP contribution in [-0.2, 0) is 23.8 Å². The smallest absolute Gasteiger partial charge is 0.303 e. The number of ether oxygens (including phenoxy) is 3. The molecule has 0 spiro atoms. The van der Waals surface area contributed by atoms with Gasteiger partial charge >= 0.3 is 11.9 Å². The molecule has 1 saturated heterocycles. The number of rotatable bonds is 3. The van der Waals surface area contributed by atoms with Crippen molar-refractivity contribution >= 4 is 11.9 Å². The number of alkyl halides is 1. The molecule has 2 fully saturated rings. The van der Waals surface area contributed by atoms with E-state index in [1.807, 2.05) is 0 Å². The average molecular weight is 232 g/mol. The Morgan fingerprint density at radius 1 is 1.44 bits per heavy atom. The van der Waals surface area contributed by atoms with Crippen LogP contribution < -0.4 is 0 Å². The van der Waals surface area contributed by atoms with Crippen LogP contribution in [-0.4, -0.2) is 42.5 Å². The highest BCUT2D eigenvalue weighted by Crippen LogP contribution is 2.61. The van der Waals surface area contributed by atoms with Crippen molar-refractivity contribution in [3.63, 3.8) is 0 Å². The maximum Gasteiger partial charge on any atom is 0.303 e. The maximum absolute atomic E-state index is 13.9. The van der Waals surface area contributed by atoms with Crippen molar-refractivity contribution in [3.05, 3.63) is 0 Å². The molecule has 0 aromatic heterocycles. The fourth-order valence-electron chi connectivity index (χ4n) is 2.14. The Balaban J connectivity index is 2.03. The fraction of sp³-hybridized carbons (Fsp3) is 0.800. The van der Waals surface area contributed by atoms with Gasteiger partial charge in [0.1, 0.15) is 12.7 Å². The van der Waals surface area contributed by atoms with Crippen LogP contribution in [0, 0.1) is 0 Å². The summed E-state index contributed by atoms with van der Waals surface area (Å²) < 4.78 is 28.8. The van der Waals surface area contributed by atoms with Crippen LogP contribution in [0.15, 0.2) is 0 Å². The zero-order valence-electron chi connectivity index (χ0n) is 9.12. The van der Waals surface area contributed by atoms with E-state index in [4.69, 9.17) is 14.2 Å². The van der Waals surface area contributed by atoms with E-state index in [9.17, 15) is 14.0 Å². The summed E-state index contributed by atoms with van der Waals surface area (Å²) in [5, 5.41) is 0. The highest BCUT2D eigenvalue weighted by molar-refractivity contribution is 5.68. The van der Waals surface area contributed by atoms with Gasteiger partial charge in [-0.25, -0.2) is 4.39 Å². The van der Waals surface area contributed by atoms with E-state index < -0.39 is 29.3 Å². The Morgan fingerprint density at radius 2 is 2.12 bits per heavy atom. The van der Waals surface area contributed by atoms with Crippen molar-refractivity contribution in [2.24, 2.45) is 0 Å². The largest absolute Gasteiger partial charge is 0.463 e. The van der Waals surface area contributed by atoms with E-state index in [2.05, 4.69) is 0 Å². The standard InChI is InChI=1S/C10H13FO5/c1-6(12)14-3-8-10(16-7(2)13)4-9(10,11)5-15-8/h8H,3-5H2,1-2H3/t8-,9?,10?/m1/s1. The van der Waals surface area contributed by atoms with Crippen molar-refractivity contribution in [2.75, 3.05) is 13.2 Å². The van der Waals surface area contributed by atoms with Gasteiger partial charge in [-0.15, -0.1) is 0 Å². The first-order valence-corrected chi connectivity index (χ1v) is 5.03. The monoisotopic (exact) mass is 232 g/mol. The average Bonchev–Trinajstić information content (AvgIpc) is 2.61. The van der Waals surface area contributed by atoms with Crippen LogP contribution in [0.1, 0.15) is 20.3 Å². The predicted molar refractivity (Wildman–Crippen MR) is 49.3 cm³/mol. The molecule has 0 amide bonds. The Kier molecular flexibility index (Phi) is 2.41. The number of hydrogen-bond donors (Lipinski definition) is 0. The fourth-order valence-corrected chi connectivity index (χ4v) is 2.14. The van der Waals surface area contributed by atoms with Gasteiger partial charge in [-0.3, -0.25) is 9.59 Å². The molecule has 0 N–H and O–H groups in total. The maximum atomic E-state index is 13.9. The first-order chi connectivity index (χ1) is 7.40. The van der Waals surface area contributed by atoms with Crippen LogP contribution >= 0.6 is 0 Å². The van der Waals surface area contributed by atoms with Crippen LogP contribution in [0.5, 0.6) is 0 Å². The molecule has 90 valence electrons. The first-order valence-electron chi connectivity index (χ1n) is 5.03. The van der Waals surface area contributed by atoms with Gasteiger partial charge in [0.2, 0.25) is 0 Å². The summed E-state index contributed by atoms with van der Waals surface area (Å²) in [4.78, 5) is 21.6. The van der Waals surface area contributed by atoms with E-state index in [0.717, 1.165) is 0 Å². The third-order valence-corrected chi connectivity index (χ3v) is 2.97. The molecule has 1 saturated carbocycles. The zero-order chi connectivity index (χ0) is 12.0. The van der Waals surface area contributed by atoms with E-state index in [1.165, 1.54) is 13.8 Å². The molecule has 1 aliphatic carbocycles. The molecule has 0 radical (unpaired) electrons. The predicted octanol–water partition coefficient (Wildman–Crippen LogP) is 0.362. The lowest BCUT2D eigenvalue weighted by Gasteiger charge is -2.21. The van der Waals surface area contributed by atoms with Gasteiger partial charge in [-0.2, -0.15) is 0 Å². The van der Waals surface area contributed by atoms with Gasteiger partial charge in [0.25, 0.3) is 0 Å². The molecule has 0 aromatic carbocycles. The summed E-state index contributed by atoms with van der Waals surface area (Å²) in [7, 11) is 0. The van der Waals surface area contributed by atoms with Crippen LogP contribution in [0.4, 0.5) is 4.39 Å². The molecule has 1 aliphatic heterocycles. The Labute approximate surface area is 91.8 Å². The summed E-state index contributed by atoms with van der Waals surface area (Å²) in [5.74, 6) is -1.03. The highest BCUT2D eigenvalue weighted by atomic mass is 19.1. The minimum atomic E-state index is -1.61. The molecule has 0 bridgehead atoms. The second kappa shape index (κ2) is 3.41. The summed E-state index contributed by atoms with van der Waals surface area (Å²) >= 11 is 0. The van der Waals surface area contributed by atoms with Gasteiger partial charge in [0, 0.05) is 20.3 Å². The molecule has 2 unspecified atom stereocenters. The van der Waals surface area contributed by atoms with Gasteiger partial charge in [-0.05, 0) is 0 Å². The van der Waals surface area contributed by atoms with Gasteiger partial charge < -0.3 is 14.2 Å². The lowest BCUT2D eigenvalue weighted by Crippen LogP contribution is -2.38. The molecule has 0 aromatic rings. The number of fused-ring (bicyclic) bond motifs is 1. The molecule has 2 rings (SSSR count). The third kappa shape index (κ3) is 1.57. The SMILES string of the molecule is CC(=O)OC[C@H]1OCC2(F)CC12OC(C)=O. The van der Waals surface area contributed by atoms with Crippen molar-refractivity contribution < 1.29 is 28.2 Å². The Morgan fingerprint density at radius 3 is 2.62 bits per heavy atom. The number of hydrogen-bond acceptors (Lipinski definition) is 5. The van der Waals surface area contributed by atoms with E-state index in [0.29, 0.717) is 0 Å². The molecule has 6 heteroatoms. The molecule has 16 heavy (non-hydrogen) atoms. The van der Waals surface area contributed by atoms with E-state index in [1.54, 1.807) is 0 Å². The quantitative estimate of drug-likeness (QED) is 0.657. The normalized spacial score (nSPS) is 40.1. The van der Waals surface area contributed by atoms with Crippen molar-refractivity contribution in [1.29, 1.82) is 0 Å². The zero-order valence-corrected chi connectivity index (χ0v) is 9.12. The lowest BCUT2D eigenvalue weighted by molar-refractivity contribution is -0.160. The molecular weight excluding hydrogens is 219 g/mol. The van der Waals surface area contributed by atoms with Crippen LogP contribution in [0.3, 0.4) is 0 Å². The molecule has 3 atom stereocenters. The summed E-state index contributed by atoms with van der Waals surface area (Å²) in [6.07, 6.45) is -0.587. The van der Waals surface area contributed by atoms with Gasteiger partial charge in [0.05, 0.1) is 6.61 Å². The minimum Gasteiger partial charge on any atom is -0.463 e. The first kappa shape index (κ1) is 11.3. The topological polar surface area (TPSA) is 61.8 Å². The Hall–Kier alpha value is -1.17. The summed E-state index contributed by atoms with van der Waals surface area (Å²) in [6, 6.07) is 0. The second-order valence-corrected chi connectivity index (χ2v) is 4.23. The number of halogens is 1. The van der Waals surface area contributed by atoms with Crippen molar-refractivity contribution in [3.8, 4) is 0 Å². The van der Waals surface area contributed by atoms with Gasteiger partial charge in [-0.1, -0.05) is 0 Å². The number of carbonyl (C=O) groups is 2. The van der Waals surface area contributed by atoms with Crippen molar-refractivity contribution in [1.82, 2.24) is 0 Å². The molecule has 1 heterocycles. The molecule has 2 aliphatic rings. The molecule has 5 nitrogen and oxygen atoms in total.